The predicted octanol–water partition coefficient (Wildman–Crippen LogP) is 2.29. The summed E-state index contributed by atoms with van der Waals surface area (Å²) in [4.78, 5) is 11.6. The van der Waals surface area contributed by atoms with Crippen LogP contribution in [-0.2, 0) is 4.79 Å². The summed E-state index contributed by atoms with van der Waals surface area (Å²) in [5.41, 5.74) is 0.987. The number of rotatable bonds is 6. The van der Waals surface area contributed by atoms with Crippen LogP contribution in [0.15, 0.2) is 24.3 Å². The lowest BCUT2D eigenvalue weighted by atomic mass is 9.87. The van der Waals surface area contributed by atoms with Crippen LogP contribution in [0.4, 0.5) is 0 Å². The Morgan fingerprint density at radius 2 is 1.90 bits per heavy atom. The Morgan fingerprint density at radius 1 is 1.30 bits per heavy atom. The second-order valence-electron chi connectivity index (χ2n) is 6.12. The number of aryl methyl sites for hydroxylation is 1. The highest BCUT2D eigenvalue weighted by atomic mass is 16.5. The molecule has 0 aliphatic rings. The van der Waals surface area contributed by atoms with Crippen LogP contribution in [0.2, 0.25) is 0 Å². The number of carbonyl (C=O) groups excluding carboxylic acids is 1. The first kappa shape index (κ1) is 16.5. The van der Waals surface area contributed by atoms with Crippen molar-refractivity contribution in [3.63, 3.8) is 0 Å². The Hall–Kier alpha value is -1.55. The molecule has 0 saturated carbocycles. The Labute approximate surface area is 121 Å². The van der Waals surface area contributed by atoms with Crippen LogP contribution in [0.1, 0.15) is 32.8 Å². The van der Waals surface area contributed by atoms with E-state index >= 15 is 0 Å². The molecule has 0 fully saturated rings. The summed E-state index contributed by atoms with van der Waals surface area (Å²) in [5, 5.41) is 12.6. The number of aliphatic hydroxyl groups excluding tert-OH is 1. The molecule has 4 nitrogen and oxygen atoms in total. The number of aliphatic hydroxyl groups is 1. The molecule has 0 heterocycles. The average molecular weight is 279 g/mol. The number of amides is 1. The zero-order valence-corrected chi connectivity index (χ0v) is 12.8. The van der Waals surface area contributed by atoms with E-state index in [1.165, 1.54) is 0 Å². The lowest BCUT2D eigenvalue weighted by Gasteiger charge is -2.25. The quantitative estimate of drug-likeness (QED) is 0.840. The largest absolute Gasteiger partial charge is 0.484 e. The highest BCUT2D eigenvalue weighted by molar-refractivity contribution is 5.77. The Kier molecular flexibility index (Phi) is 6.02. The minimum absolute atomic E-state index is 0.00528. The maximum absolute atomic E-state index is 11.6. The van der Waals surface area contributed by atoms with Crippen molar-refractivity contribution >= 4 is 5.91 Å². The molecule has 0 saturated heterocycles. The van der Waals surface area contributed by atoms with Crippen LogP contribution in [0, 0.1) is 12.3 Å². The molecule has 0 spiro atoms. The standard InChI is InChI=1S/C16H25NO3/c1-12-5-7-13(8-6-12)20-11-15(19)17-10-9-14(18)16(2,3)4/h5-8,14,18H,9-11H2,1-4H3,(H,17,19)/t14-/m0/s1. The van der Waals surface area contributed by atoms with Crippen LogP contribution >= 0.6 is 0 Å². The summed E-state index contributed by atoms with van der Waals surface area (Å²) in [5.74, 6) is 0.507. The summed E-state index contributed by atoms with van der Waals surface area (Å²) >= 11 is 0. The zero-order valence-electron chi connectivity index (χ0n) is 12.8. The van der Waals surface area contributed by atoms with Gasteiger partial charge in [-0.3, -0.25) is 4.79 Å². The molecule has 1 atom stereocenters. The number of nitrogens with one attached hydrogen (secondary N) is 1. The first-order chi connectivity index (χ1) is 9.29. The fourth-order valence-electron chi connectivity index (χ4n) is 1.62. The topological polar surface area (TPSA) is 58.6 Å². The van der Waals surface area contributed by atoms with Crippen LogP contribution < -0.4 is 10.1 Å². The maximum Gasteiger partial charge on any atom is 0.257 e. The Bertz CT molecular complexity index is 420. The zero-order chi connectivity index (χ0) is 15.2. The molecule has 0 aliphatic carbocycles. The van der Waals surface area contributed by atoms with Gasteiger partial charge in [-0.2, -0.15) is 0 Å². The summed E-state index contributed by atoms with van der Waals surface area (Å²) in [7, 11) is 0. The lowest BCUT2D eigenvalue weighted by molar-refractivity contribution is -0.123. The minimum Gasteiger partial charge on any atom is -0.484 e. The average Bonchev–Trinajstić information content (AvgIpc) is 2.37. The monoisotopic (exact) mass is 279 g/mol. The van der Waals surface area contributed by atoms with E-state index in [9.17, 15) is 9.90 Å². The van der Waals surface area contributed by atoms with Gasteiger partial charge in [0.1, 0.15) is 5.75 Å². The van der Waals surface area contributed by atoms with Crippen molar-refractivity contribution in [1.29, 1.82) is 0 Å². The van der Waals surface area contributed by atoms with Crippen LogP contribution in [-0.4, -0.2) is 30.3 Å². The van der Waals surface area contributed by atoms with E-state index in [0.717, 1.165) is 5.56 Å². The van der Waals surface area contributed by atoms with Gasteiger partial charge in [0.2, 0.25) is 0 Å². The van der Waals surface area contributed by atoms with E-state index in [0.29, 0.717) is 18.7 Å². The molecule has 2 N–H and O–H groups in total. The molecule has 1 aromatic rings. The van der Waals surface area contributed by atoms with Gasteiger partial charge in [0.25, 0.3) is 5.91 Å². The van der Waals surface area contributed by atoms with E-state index < -0.39 is 6.10 Å². The van der Waals surface area contributed by atoms with E-state index in [1.54, 1.807) is 0 Å². The van der Waals surface area contributed by atoms with Crippen molar-refractivity contribution in [3.8, 4) is 5.75 Å². The lowest BCUT2D eigenvalue weighted by Crippen LogP contribution is -2.34. The molecule has 0 bridgehead atoms. The smallest absolute Gasteiger partial charge is 0.257 e. The van der Waals surface area contributed by atoms with Crippen LogP contribution in [0.25, 0.3) is 0 Å². The summed E-state index contributed by atoms with van der Waals surface area (Å²) < 4.78 is 5.37. The van der Waals surface area contributed by atoms with Gasteiger partial charge in [0, 0.05) is 6.54 Å². The number of hydrogen-bond donors (Lipinski definition) is 2. The van der Waals surface area contributed by atoms with E-state index in [4.69, 9.17) is 4.74 Å². The van der Waals surface area contributed by atoms with E-state index in [1.807, 2.05) is 52.0 Å². The molecule has 0 radical (unpaired) electrons. The number of ether oxygens (including phenoxy) is 1. The number of hydrogen-bond acceptors (Lipinski definition) is 3. The third-order valence-corrected chi connectivity index (χ3v) is 3.13. The van der Waals surface area contributed by atoms with Crippen molar-refractivity contribution in [2.45, 2.75) is 40.2 Å². The van der Waals surface area contributed by atoms with Gasteiger partial charge in [0.15, 0.2) is 6.61 Å². The van der Waals surface area contributed by atoms with Crippen molar-refractivity contribution in [3.05, 3.63) is 29.8 Å². The fourth-order valence-corrected chi connectivity index (χ4v) is 1.62. The summed E-state index contributed by atoms with van der Waals surface area (Å²) in [6, 6.07) is 7.55. The highest BCUT2D eigenvalue weighted by Gasteiger charge is 2.21. The predicted molar refractivity (Wildman–Crippen MR) is 79.8 cm³/mol. The molecule has 1 amide bonds. The summed E-state index contributed by atoms with van der Waals surface area (Å²) in [6.45, 7) is 8.36. The van der Waals surface area contributed by atoms with E-state index in [-0.39, 0.29) is 17.9 Å². The molecule has 4 heteroatoms. The molecule has 0 aromatic heterocycles. The maximum atomic E-state index is 11.6. The molecule has 0 unspecified atom stereocenters. The van der Waals surface area contributed by atoms with Crippen LogP contribution in [0.5, 0.6) is 5.75 Å². The third kappa shape index (κ3) is 6.06. The molecule has 0 aliphatic heterocycles. The molecule has 20 heavy (non-hydrogen) atoms. The summed E-state index contributed by atoms with van der Waals surface area (Å²) in [6.07, 6.45) is 0.112. The Balaban J connectivity index is 2.22. The third-order valence-electron chi connectivity index (χ3n) is 3.13. The number of benzene rings is 1. The van der Waals surface area contributed by atoms with Crippen molar-refractivity contribution < 1.29 is 14.6 Å². The van der Waals surface area contributed by atoms with Crippen molar-refractivity contribution in [2.24, 2.45) is 5.41 Å². The number of carbonyl (C=O) groups is 1. The molecule has 1 aromatic carbocycles. The molecule has 1 rings (SSSR count). The molecule has 112 valence electrons. The van der Waals surface area contributed by atoms with Gasteiger partial charge in [0.05, 0.1) is 6.10 Å². The van der Waals surface area contributed by atoms with Crippen molar-refractivity contribution in [2.75, 3.05) is 13.2 Å². The SMILES string of the molecule is Cc1ccc(OCC(=O)NCC[C@H](O)C(C)(C)C)cc1. The first-order valence-corrected chi connectivity index (χ1v) is 6.93. The first-order valence-electron chi connectivity index (χ1n) is 6.93. The van der Waals surface area contributed by atoms with Gasteiger partial charge in [-0.05, 0) is 30.9 Å². The molecular formula is C16H25NO3. The van der Waals surface area contributed by atoms with Gasteiger partial charge in [-0.25, -0.2) is 0 Å². The van der Waals surface area contributed by atoms with Gasteiger partial charge >= 0.3 is 0 Å². The second kappa shape index (κ2) is 7.29. The normalized spacial score (nSPS) is 12.8. The van der Waals surface area contributed by atoms with Gasteiger partial charge in [-0.1, -0.05) is 38.5 Å². The fraction of sp³-hybridized carbons (Fsp3) is 0.562. The van der Waals surface area contributed by atoms with Crippen LogP contribution in [0.3, 0.4) is 0 Å². The molecular weight excluding hydrogens is 254 g/mol. The highest BCUT2D eigenvalue weighted by Crippen LogP contribution is 2.20. The minimum atomic E-state index is -0.430. The van der Waals surface area contributed by atoms with Crippen molar-refractivity contribution in [1.82, 2.24) is 5.32 Å². The Morgan fingerprint density at radius 3 is 2.45 bits per heavy atom. The van der Waals surface area contributed by atoms with E-state index in [2.05, 4.69) is 5.32 Å². The second-order valence-corrected chi connectivity index (χ2v) is 6.12. The van der Waals surface area contributed by atoms with Gasteiger partial charge in [-0.15, -0.1) is 0 Å². The van der Waals surface area contributed by atoms with Gasteiger partial charge < -0.3 is 15.2 Å².